The Bertz CT molecular complexity index is 1150. The highest BCUT2D eigenvalue weighted by Gasteiger charge is 2.22. The summed E-state index contributed by atoms with van der Waals surface area (Å²) in [5, 5.41) is 8.86. The van der Waals surface area contributed by atoms with Crippen molar-refractivity contribution in [3.05, 3.63) is 89.5 Å². The predicted molar refractivity (Wildman–Crippen MR) is 143 cm³/mol. The molecule has 6 nitrogen and oxygen atoms in total. The third-order valence-corrected chi connectivity index (χ3v) is 6.43. The number of nitrogens with zero attached hydrogens (tertiary/aromatic N) is 1. The maximum Gasteiger partial charge on any atom is 0.323 e. The summed E-state index contributed by atoms with van der Waals surface area (Å²) in [5.41, 5.74) is 5.01. The lowest BCUT2D eigenvalue weighted by molar-refractivity contribution is 0.0940. The number of rotatable bonds is 7. The first-order chi connectivity index (χ1) is 16.9. The largest absolute Gasteiger partial charge is 0.371 e. The van der Waals surface area contributed by atoms with Gasteiger partial charge < -0.3 is 20.9 Å². The van der Waals surface area contributed by atoms with Crippen molar-refractivity contribution in [1.82, 2.24) is 5.32 Å². The molecule has 0 radical (unpaired) electrons. The van der Waals surface area contributed by atoms with Crippen molar-refractivity contribution in [2.75, 3.05) is 28.6 Å². The minimum atomic E-state index is -0.347. The maximum atomic E-state index is 13.4. The Morgan fingerprint density at radius 3 is 2.06 bits per heavy atom. The molecule has 3 amide bonds. The molecule has 6 heteroatoms. The molecule has 3 N–H and O–H groups in total. The van der Waals surface area contributed by atoms with Crippen molar-refractivity contribution in [1.29, 1.82) is 0 Å². The van der Waals surface area contributed by atoms with Crippen LogP contribution in [0.25, 0.3) is 0 Å². The van der Waals surface area contributed by atoms with Crippen molar-refractivity contribution in [3.8, 4) is 0 Å². The fraction of sp³-hybridized carbons (Fsp3) is 0.310. The molecule has 1 aliphatic rings. The van der Waals surface area contributed by atoms with Crippen LogP contribution in [0.15, 0.2) is 72.8 Å². The summed E-state index contributed by atoms with van der Waals surface area (Å²) in [4.78, 5) is 28.2. The average Bonchev–Trinajstić information content (AvgIpc) is 3.39. The van der Waals surface area contributed by atoms with Gasteiger partial charge in [0.15, 0.2) is 0 Å². The Hall–Kier alpha value is -3.80. The minimum Gasteiger partial charge on any atom is -0.371 e. The van der Waals surface area contributed by atoms with E-state index in [1.54, 1.807) is 6.07 Å². The molecule has 0 saturated carbocycles. The Labute approximate surface area is 207 Å². The number of hydrogen-bond donors (Lipinski definition) is 3. The Morgan fingerprint density at radius 2 is 1.40 bits per heavy atom. The van der Waals surface area contributed by atoms with Crippen LogP contribution < -0.4 is 20.9 Å². The highest BCUT2D eigenvalue weighted by atomic mass is 16.2. The highest BCUT2D eigenvalue weighted by Crippen LogP contribution is 2.28. The van der Waals surface area contributed by atoms with Crippen LogP contribution in [-0.2, 0) is 0 Å². The summed E-state index contributed by atoms with van der Waals surface area (Å²) >= 11 is 0. The molecule has 182 valence electrons. The van der Waals surface area contributed by atoms with E-state index < -0.39 is 0 Å². The number of amides is 3. The van der Waals surface area contributed by atoms with Gasteiger partial charge in [0.1, 0.15) is 0 Å². The number of anilines is 3. The van der Waals surface area contributed by atoms with Crippen LogP contribution in [0.5, 0.6) is 0 Å². The van der Waals surface area contributed by atoms with E-state index in [-0.39, 0.29) is 18.0 Å². The lowest BCUT2D eigenvalue weighted by Crippen LogP contribution is -2.30. The third kappa shape index (κ3) is 6.21. The third-order valence-electron chi connectivity index (χ3n) is 6.43. The molecule has 1 unspecified atom stereocenters. The molecule has 3 aromatic carbocycles. The van der Waals surface area contributed by atoms with Gasteiger partial charge in [0, 0.05) is 30.2 Å². The van der Waals surface area contributed by atoms with Gasteiger partial charge in [-0.15, -0.1) is 0 Å². The van der Waals surface area contributed by atoms with E-state index in [2.05, 4.69) is 34.7 Å². The summed E-state index contributed by atoms with van der Waals surface area (Å²) < 4.78 is 0. The van der Waals surface area contributed by atoms with Gasteiger partial charge in [0.05, 0.1) is 11.6 Å². The van der Waals surface area contributed by atoms with E-state index in [0.29, 0.717) is 17.2 Å². The maximum absolute atomic E-state index is 13.4. The zero-order chi connectivity index (χ0) is 24.8. The second kappa shape index (κ2) is 11.1. The fourth-order valence-electron chi connectivity index (χ4n) is 4.37. The smallest absolute Gasteiger partial charge is 0.323 e. The summed E-state index contributed by atoms with van der Waals surface area (Å²) in [7, 11) is 0. The van der Waals surface area contributed by atoms with Crippen molar-refractivity contribution in [2.45, 2.75) is 45.6 Å². The van der Waals surface area contributed by atoms with E-state index in [1.165, 1.54) is 5.56 Å². The molecule has 1 aliphatic heterocycles. The molecule has 1 atom stereocenters. The van der Waals surface area contributed by atoms with Crippen LogP contribution in [0, 0.1) is 0 Å². The summed E-state index contributed by atoms with van der Waals surface area (Å²) in [6.07, 6.45) is 2.22. The average molecular weight is 471 g/mol. The number of benzene rings is 3. The van der Waals surface area contributed by atoms with E-state index in [0.717, 1.165) is 42.9 Å². The Morgan fingerprint density at radius 1 is 0.771 bits per heavy atom. The topological polar surface area (TPSA) is 73.5 Å². The zero-order valence-electron chi connectivity index (χ0n) is 20.7. The molecule has 0 aromatic heterocycles. The molecule has 1 fully saturated rings. The minimum absolute atomic E-state index is 0.135. The zero-order valence-corrected chi connectivity index (χ0v) is 20.7. The predicted octanol–water partition coefficient (Wildman–Crippen LogP) is 6.55. The normalized spacial score (nSPS) is 14.0. The van der Waals surface area contributed by atoms with Crippen molar-refractivity contribution in [2.24, 2.45) is 0 Å². The van der Waals surface area contributed by atoms with Crippen molar-refractivity contribution in [3.63, 3.8) is 0 Å². The van der Waals surface area contributed by atoms with Gasteiger partial charge >= 0.3 is 6.03 Å². The molecule has 0 aliphatic carbocycles. The lowest BCUT2D eigenvalue weighted by Gasteiger charge is -2.23. The summed E-state index contributed by atoms with van der Waals surface area (Å²) in [5.74, 6) is 0.276. The van der Waals surface area contributed by atoms with E-state index in [1.807, 2.05) is 73.7 Å². The van der Waals surface area contributed by atoms with Gasteiger partial charge in [0.2, 0.25) is 0 Å². The van der Waals surface area contributed by atoms with Crippen LogP contribution in [0.2, 0.25) is 0 Å². The lowest BCUT2D eigenvalue weighted by atomic mass is 10.0. The first-order valence-corrected chi connectivity index (χ1v) is 12.3. The van der Waals surface area contributed by atoms with Gasteiger partial charge in [0.25, 0.3) is 5.91 Å². The van der Waals surface area contributed by atoms with Gasteiger partial charge in [-0.3, -0.25) is 4.79 Å². The van der Waals surface area contributed by atoms with Crippen LogP contribution in [0.1, 0.15) is 67.1 Å². The van der Waals surface area contributed by atoms with Crippen LogP contribution in [-0.4, -0.2) is 25.0 Å². The van der Waals surface area contributed by atoms with Crippen LogP contribution >= 0.6 is 0 Å². The number of carbonyl (C=O) groups excluding carboxylic acids is 2. The highest BCUT2D eigenvalue weighted by molar-refractivity contribution is 6.04. The van der Waals surface area contributed by atoms with E-state index in [4.69, 9.17) is 0 Å². The number of nitrogens with one attached hydrogen (secondary N) is 3. The monoisotopic (exact) mass is 470 g/mol. The second-order valence-corrected chi connectivity index (χ2v) is 9.39. The van der Waals surface area contributed by atoms with Gasteiger partial charge in [-0.05, 0) is 67.1 Å². The number of carbonyl (C=O) groups is 2. The molecule has 4 rings (SSSR count). The molecule has 1 saturated heterocycles. The van der Waals surface area contributed by atoms with Crippen molar-refractivity contribution < 1.29 is 9.59 Å². The van der Waals surface area contributed by atoms with Gasteiger partial charge in [-0.25, -0.2) is 4.79 Å². The first-order valence-electron chi connectivity index (χ1n) is 12.3. The van der Waals surface area contributed by atoms with Crippen LogP contribution in [0.4, 0.5) is 21.9 Å². The second-order valence-electron chi connectivity index (χ2n) is 9.39. The summed E-state index contributed by atoms with van der Waals surface area (Å²) in [6.45, 7) is 8.09. The molecule has 3 aromatic rings. The molecule has 0 spiro atoms. The van der Waals surface area contributed by atoms with Gasteiger partial charge in [-0.2, -0.15) is 0 Å². The van der Waals surface area contributed by atoms with E-state index >= 15 is 0 Å². The van der Waals surface area contributed by atoms with Gasteiger partial charge in [-0.1, -0.05) is 56.3 Å². The molecule has 0 bridgehead atoms. The SMILES string of the molecule is CC(C)c1ccc(NC(=O)Nc2ccc(N3CCCC3)c(C(=O)NC(C)c3ccccc3)c2)cc1. The molecule has 1 heterocycles. The van der Waals surface area contributed by atoms with Crippen LogP contribution in [0.3, 0.4) is 0 Å². The number of urea groups is 1. The molecule has 35 heavy (non-hydrogen) atoms. The number of hydrogen-bond acceptors (Lipinski definition) is 3. The van der Waals surface area contributed by atoms with Crippen molar-refractivity contribution >= 4 is 29.0 Å². The quantitative estimate of drug-likeness (QED) is 0.367. The molecular weight excluding hydrogens is 436 g/mol. The molecular formula is C29H34N4O2. The first kappa shape index (κ1) is 24.3. The fourth-order valence-corrected chi connectivity index (χ4v) is 4.37. The Balaban J connectivity index is 1.50. The standard InChI is InChI=1S/C29H34N4O2/c1-20(2)22-11-13-24(14-12-22)31-29(35)32-25-15-16-27(33-17-7-8-18-33)26(19-25)28(34)30-21(3)23-9-5-4-6-10-23/h4-6,9-16,19-21H,7-8,17-18H2,1-3H3,(H,30,34)(H2,31,32,35). The van der Waals surface area contributed by atoms with E-state index in [9.17, 15) is 9.59 Å². The Kier molecular flexibility index (Phi) is 7.70. The summed E-state index contributed by atoms with van der Waals surface area (Å²) in [6, 6.07) is 22.8.